The first kappa shape index (κ1) is 18.1. The summed E-state index contributed by atoms with van der Waals surface area (Å²) in [6, 6.07) is 13.6. The number of hydrogen-bond acceptors (Lipinski definition) is 5. The third-order valence-corrected chi connectivity index (χ3v) is 5.11. The molecule has 0 radical (unpaired) electrons. The molecular formula is C19H20N4O2S. The van der Waals surface area contributed by atoms with Gasteiger partial charge >= 0.3 is 0 Å². The minimum absolute atomic E-state index is 0.0786. The summed E-state index contributed by atoms with van der Waals surface area (Å²) in [6.07, 6.45) is 0.876. The number of nitrogens with one attached hydrogen (secondary N) is 2. The summed E-state index contributed by atoms with van der Waals surface area (Å²) < 4.78 is 0. The van der Waals surface area contributed by atoms with Crippen LogP contribution in [0, 0.1) is 0 Å². The van der Waals surface area contributed by atoms with E-state index in [1.165, 1.54) is 11.8 Å². The highest BCUT2D eigenvalue weighted by molar-refractivity contribution is 8.15. The lowest BCUT2D eigenvalue weighted by Gasteiger charge is -2.10. The van der Waals surface area contributed by atoms with Gasteiger partial charge in [0.2, 0.25) is 11.8 Å². The molecule has 2 aromatic carbocycles. The van der Waals surface area contributed by atoms with Crippen LogP contribution in [0.2, 0.25) is 0 Å². The van der Waals surface area contributed by atoms with Crippen LogP contribution in [0.1, 0.15) is 26.7 Å². The molecule has 1 heterocycles. The van der Waals surface area contributed by atoms with E-state index in [0.717, 1.165) is 28.6 Å². The molecule has 0 saturated carbocycles. The van der Waals surface area contributed by atoms with Crippen LogP contribution in [0.15, 0.2) is 52.7 Å². The molecule has 1 saturated heterocycles. The number of carbonyl (C=O) groups excluding carboxylic acids is 2. The Balaban J connectivity index is 1.66. The summed E-state index contributed by atoms with van der Waals surface area (Å²) in [7, 11) is 0. The van der Waals surface area contributed by atoms with Crippen LogP contribution < -0.4 is 10.6 Å². The molecule has 1 atom stereocenters. The zero-order chi connectivity index (χ0) is 18.5. The fraction of sp³-hybridized carbons (Fsp3) is 0.263. The van der Waals surface area contributed by atoms with E-state index in [1.807, 2.05) is 56.3 Å². The van der Waals surface area contributed by atoms with Crippen molar-refractivity contribution in [1.29, 1.82) is 0 Å². The molecule has 26 heavy (non-hydrogen) atoms. The van der Waals surface area contributed by atoms with Crippen molar-refractivity contribution in [3.63, 3.8) is 0 Å². The van der Waals surface area contributed by atoms with E-state index in [2.05, 4.69) is 20.8 Å². The van der Waals surface area contributed by atoms with Crippen LogP contribution in [0.25, 0.3) is 10.8 Å². The first-order valence-electron chi connectivity index (χ1n) is 8.43. The average molecular weight is 368 g/mol. The van der Waals surface area contributed by atoms with Crippen molar-refractivity contribution in [1.82, 2.24) is 5.32 Å². The lowest BCUT2D eigenvalue weighted by molar-refractivity contribution is -0.122. The third-order valence-electron chi connectivity index (χ3n) is 4.03. The van der Waals surface area contributed by atoms with Gasteiger partial charge < -0.3 is 10.6 Å². The van der Waals surface area contributed by atoms with Crippen molar-refractivity contribution in [2.45, 2.75) is 31.9 Å². The van der Waals surface area contributed by atoms with Crippen molar-refractivity contribution < 1.29 is 9.59 Å². The van der Waals surface area contributed by atoms with Gasteiger partial charge in [0.15, 0.2) is 5.17 Å². The Labute approximate surface area is 156 Å². The lowest BCUT2D eigenvalue weighted by atomic mass is 10.1. The molecule has 2 aromatic rings. The topological polar surface area (TPSA) is 82.9 Å². The van der Waals surface area contributed by atoms with E-state index in [0.29, 0.717) is 5.17 Å². The van der Waals surface area contributed by atoms with Gasteiger partial charge in [-0.1, -0.05) is 55.1 Å². The van der Waals surface area contributed by atoms with E-state index < -0.39 is 5.25 Å². The number of amides is 2. The Morgan fingerprint density at radius 1 is 1.23 bits per heavy atom. The van der Waals surface area contributed by atoms with Gasteiger partial charge in [-0.3, -0.25) is 9.59 Å². The molecule has 7 heteroatoms. The highest BCUT2D eigenvalue weighted by atomic mass is 32.2. The van der Waals surface area contributed by atoms with Crippen LogP contribution >= 0.6 is 11.8 Å². The Morgan fingerprint density at radius 2 is 2.00 bits per heavy atom. The standard InChI is InChI=1S/C19H20N4O2S/c1-3-12(2)22-23-19-21-18(25)16(26-19)11-17(24)20-15-10-6-8-13-7-4-5-9-14(13)15/h4-10,16H,3,11H2,1-2H3,(H,20,24)(H,21,23,25). The predicted octanol–water partition coefficient (Wildman–Crippen LogP) is 3.54. The van der Waals surface area contributed by atoms with Gasteiger partial charge in [0.1, 0.15) is 5.25 Å². The summed E-state index contributed by atoms with van der Waals surface area (Å²) >= 11 is 1.24. The van der Waals surface area contributed by atoms with Gasteiger partial charge in [-0.15, -0.1) is 5.10 Å². The Hall–Kier alpha value is -2.67. The molecule has 6 nitrogen and oxygen atoms in total. The minimum atomic E-state index is -0.499. The lowest BCUT2D eigenvalue weighted by Crippen LogP contribution is -2.28. The first-order valence-corrected chi connectivity index (χ1v) is 9.31. The van der Waals surface area contributed by atoms with Crippen LogP contribution in [-0.2, 0) is 9.59 Å². The highest BCUT2D eigenvalue weighted by Crippen LogP contribution is 2.26. The van der Waals surface area contributed by atoms with Gasteiger partial charge in [-0.2, -0.15) is 5.10 Å². The van der Waals surface area contributed by atoms with Gasteiger partial charge in [-0.05, 0) is 24.8 Å². The van der Waals surface area contributed by atoms with Gasteiger partial charge in [0, 0.05) is 23.2 Å². The maximum atomic E-state index is 12.4. The molecule has 1 aliphatic heterocycles. The number of rotatable bonds is 5. The maximum Gasteiger partial charge on any atom is 0.240 e. The molecule has 0 bridgehead atoms. The Bertz CT molecular complexity index is 902. The minimum Gasteiger partial charge on any atom is -0.325 e. The number of thioether (sulfide) groups is 1. The summed E-state index contributed by atoms with van der Waals surface area (Å²) in [5, 5.41) is 15.6. The Morgan fingerprint density at radius 3 is 2.81 bits per heavy atom. The second-order valence-corrected chi connectivity index (χ2v) is 7.16. The van der Waals surface area contributed by atoms with Crippen LogP contribution in [-0.4, -0.2) is 27.9 Å². The van der Waals surface area contributed by atoms with Crippen molar-refractivity contribution >= 4 is 50.9 Å². The number of anilines is 1. The normalized spacial score (nSPS) is 19.0. The molecule has 0 aromatic heterocycles. The maximum absolute atomic E-state index is 12.4. The van der Waals surface area contributed by atoms with E-state index >= 15 is 0 Å². The highest BCUT2D eigenvalue weighted by Gasteiger charge is 2.32. The fourth-order valence-electron chi connectivity index (χ4n) is 2.49. The first-order chi connectivity index (χ1) is 12.6. The molecule has 3 rings (SSSR count). The fourth-order valence-corrected chi connectivity index (χ4v) is 3.41. The van der Waals surface area contributed by atoms with E-state index in [1.54, 1.807) is 0 Å². The van der Waals surface area contributed by atoms with E-state index in [-0.39, 0.29) is 18.2 Å². The predicted molar refractivity (Wildman–Crippen MR) is 108 cm³/mol. The third kappa shape index (κ3) is 4.29. The molecule has 1 unspecified atom stereocenters. The molecule has 0 aliphatic carbocycles. The summed E-state index contributed by atoms with van der Waals surface area (Å²) in [4.78, 5) is 24.5. The molecule has 134 valence electrons. The van der Waals surface area contributed by atoms with Gasteiger partial charge in [-0.25, -0.2) is 0 Å². The summed E-state index contributed by atoms with van der Waals surface area (Å²) in [5.74, 6) is -0.422. The quantitative estimate of drug-likeness (QED) is 0.625. The van der Waals surface area contributed by atoms with Gasteiger partial charge in [0.05, 0.1) is 0 Å². The molecule has 2 amide bonds. The van der Waals surface area contributed by atoms with E-state index in [4.69, 9.17) is 0 Å². The number of amidine groups is 1. The number of benzene rings is 2. The number of hydrogen-bond donors (Lipinski definition) is 2. The van der Waals surface area contributed by atoms with Crippen LogP contribution in [0.3, 0.4) is 0 Å². The largest absolute Gasteiger partial charge is 0.325 e. The number of nitrogens with zero attached hydrogens (tertiary/aromatic N) is 2. The van der Waals surface area contributed by atoms with Crippen LogP contribution in [0.5, 0.6) is 0 Å². The van der Waals surface area contributed by atoms with Crippen LogP contribution in [0.4, 0.5) is 5.69 Å². The zero-order valence-electron chi connectivity index (χ0n) is 14.7. The van der Waals surface area contributed by atoms with E-state index in [9.17, 15) is 9.59 Å². The van der Waals surface area contributed by atoms with Gasteiger partial charge in [0.25, 0.3) is 0 Å². The van der Waals surface area contributed by atoms with Crippen molar-refractivity contribution in [3.8, 4) is 0 Å². The average Bonchev–Trinajstić information content (AvgIpc) is 2.99. The second kappa shape index (κ2) is 8.14. The monoisotopic (exact) mass is 368 g/mol. The van der Waals surface area contributed by atoms with Crippen molar-refractivity contribution in [2.75, 3.05) is 5.32 Å². The molecule has 0 spiro atoms. The SMILES string of the molecule is CCC(C)=NN=C1NC(=O)C(CC(=O)Nc2cccc3ccccc23)S1. The molecular weight excluding hydrogens is 348 g/mol. The molecule has 2 N–H and O–H groups in total. The number of fused-ring (bicyclic) bond motifs is 1. The molecule has 1 fully saturated rings. The Kier molecular flexibility index (Phi) is 5.68. The van der Waals surface area contributed by atoms with Crippen molar-refractivity contribution in [3.05, 3.63) is 42.5 Å². The zero-order valence-corrected chi connectivity index (χ0v) is 15.5. The molecule has 1 aliphatic rings. The number of carbonyl (C=O) groups is 2. The summed E-state index contributed by atoms with van der Waals surface area (Å²) in [6.45, 7) is 3.86. The van der Waals surface area contributed by atoms with Crippen molar-refractivity contribution in [2.24, 2.45) is 10.2 Å². The second-order valence-electron chi connectivity index (χ2n) is 5.97. The summed E-state index contributed by atoms with van der Waals surface area (Å²) in [5.41, 5.74) is 1.62. The smallest absolute Gasteiger partial charge is 0.240 e.